The minimum atomic E-state index is 0.446. The number of nitrogen functional groups attached to an aromatic ring is 1. The molecule has 1 aromatic carbocycles. The number of nitrogens with two attached hydrogens (primary N) is 1. The van der Waals surface area contributed by atoms with Crippen LogP contribution in [0.4, 0.5) is 5.82 Å². The van der Waals surface area contributed by atoms with Gasteiger partial charge in [-0.05, 0) is 24.6 Å². The summed E-state index contributed by atoms with van der Waals surface area (Å²) < 4.78 is 2.59. The minimum absolute atomic E-state index is 0.446. The Hall–Kier alpha value is -1.07. The van der Waals surface area contributed by atoms with Crippen molar-refractivity contribution in [3.8, 4) is 5.69 Å². The third kappa shape index (κ3) is 1.92. The summed E-state index contributed by atoms with van der Waals surface area (Å²) in [6.45, 7) is 2.00. The maximum absolute atomic E-state index is 6.14. The third-order valence-electron chi connectivity index (χ3n) is 2.27. The second-order valence-corrected chi connectivity index (χ2v) is 4.61. The highest BCUT2D eigenvalue weighted by atomic mass is 79.9. The second kappa shape index (κ2) is 4.43. The first-order valence-electron chi connectivity index (χ1n) is 4.79. The lowest BCUT2D eigenvalue weighted by atomic mass is 10.3. The van der Waals surface area contributed by atoms with Gasteiger partial charge < -0.3 is 5.73 Å². The van der Waals surface area contributed by atoms with E-state index in [4.69, 9.17) is 17.3 Å². The number of rotatable bonds is 2. The zero-order chi connectivity index (χ0) is 11.7. The molecule has 84 valence electrons. The van der Waals surface area contributed by atoms with Crippen molar-refractivity contribution in [3.63, 3.8) is 0 Å². The monoisotopic (exact) mass is 300 g/mol. The van der Waals surface area contributed by atoms with Gasteiger partial charge in [0.1, 0.15) is 0 Å². The molecule has 1 aromatic heterocycles. The molecular weight excluding hydrogens is 291 g/mol. The van der Waals surface area contributed by atoms with Gasteiger partial charge in [0, 0.05) is 4.47 Å². The van der Waals surface area contributed by atoms with Gasteiger partial charge in [0.15, 0.2) is 5.82 Å². The highest BCUT2D eigenvalue weighted by Crippen LogP contribution is 2.26. The Kier molecular flexibility index (Phi) is 3.16. The third-order valence-corrected chi connectivity index (χ3v) is 3.06. The summed E-state index contributed by atoms with van der Waals surface area (Å²) in [6, 6.07) is 5.59. The minimum Gasteiger partial charge on any atom is -0.381 e. The summed E-state index contributed by atoms with van der Waals surface area (Å²) in [5.41, 5.74) is 7.37. The summed E-state index contributed by atoms with van der Waals surface area (Å²) in [6.07, 6.45) is 0.755. The van der Waals surface area contributed by atoms with Crippen LogP contribution >= 0.6 is 27.5 Å². The average molecular weight is 302 g/mol. The van der Waals surface area contributed by atoms with Crippen LogP contribution in [-0.4, -0.2) is 15.0 Å². The van der Waals surface area contributed by atoms with Crippen LogP contribution in [0.2, 0.25) is 5.02 Å². The number of benzene rings is 1. The number of hydrogen-bond donors (Lipinski definition) is 1. The fourth-order valence-corrected chi connectivity index (χ4v) is 2.24. The molecule has 16 heavy (non-hydrogen) atoms. The fraction of sp³-hybridized carbons (Fsp3) is 0.200. The molecule has 0 spiro atoms. The molecule has 0 atom stereocenters. The largest absolute Gasteiger partial charge is 0.381 e. The summed E-state index contributed by atoms with van der Waals surface area (Å²) in [7, 11) is 0. The Labute approximate surface area is 107 Å². The molecule has 1 heterocycles. The maximum Gasteiger partial charge on any atom is 0.169 e. The maximum atomic E-state index is 6.14. The fourth-order valence-electron chi connectivity index (χ4n) is 1.49. The van der Waals surface area contributed by atoms with E-state index in [0.717, 1.165) is 22.3 Å². The molecule has 0 amide bonds. The van der Waals surface area contributed by atoms with E-state index in [1.807, 2.05) is 25.1 Å². The van der Waals surface area contributed by atoms with E-state index in [0.29, 0.717) is 10.8 Å². The molecule has 2 aromatic rings. The molecule has 0 aliphatic carbocycles. The van der Waals surface area contributed by atoms with Crippen molar-refractivity contribution >= 4 is 33.3 Å². The Bertz CT molecular complexity index is 524. The van der Waals surface area contributed by atoms with Gasteiger partial charge in [-0.3, -0.25) is 0 Å². The van der Waals surface area contributed by atoms with Crippen LogP contribution in [0.15, 0.2) is 22.7 Å². The lowest BCUT2D eigenvalue weighted by molar-refractivity contribution is 0.767. The molecule has 4 nitrogen and oxygen atoms in total. The molecule has 2 N–H and O–H groups in total. The van der Waals surface area contributed by atoms with Gasteiger partial charge in [-0.15, -0.1) is 5.10 Å². The summed E-state index contributed by atoms with van der Waals surface area (Å²) in [5, 5.41) is 8.44. The van der Waals surface area contributed by atoms with E-state index < -0.39 is 0 Å². The average Bonchev–Trinajstić information content (AvgIpc) is 2.59. The van der Waals surface area contributed by atoms with Crippen LogP contribution < -0.4 is 5.73 Å². The zero-order valence-corrected chi connectivity index (χ0v) is 11.0. The van der Waals surface area contributed by atoms with Gasteiger partial charge >= 0.3 is 0 Å². The van der Waals surface area contributed by atoms with Crippen LogP contribution in [0.1, 0.15) is 12.6 Å². The number of nitrogens with zero attached hydrogens (tertiary/aromatic N) is 3. The van der Waals surface area contributed by atoms with Crippen molar-refractivity contribution in [3.05, 3.63) is 33.4 Å². The lowest BCUT2D eigenvalue weighted by Crippen LogP contribution is -2.03. The highest BCUT2D eigenvalue weighted by Gasteiger charge is 2.12. The van der Waals surface area contributed by atoms with Gasteiger partial charge in [0.2, 0.25) is 0 Å². The summed E-state index contributed by atoms with van der Waals surface area (Å²) in [5.74, 6) is 0.446. The standard InChI is InChI=1S/C10H10BrClN4/c1-2-8-10(13)14-15-16(8)9-4-3-6(11)5-7(9)12/h3-5H,2,13H2,1H3. The van der Waals surface area contributed by atoms with Crippen molar-refractivity contribution in [2.75, 3.05) is 5.73 Å². The van der Waals surface area contributed by atoms with Crippen LogP contribution in [-0.2, 0) is 6.42 Å². The Morgan fingerprint density at radius 1 is 1.50 bits per heavy atom. The van der Waals surface area contributed by atoms with E-state index in [1.165, 1.54) is 0 Å². The number of anilines is 1. The van der Waals surface area contributed by atoms with Crippen molar-refractivity contribution in [1.82, 2.24) is 15.0 Å². The van der Waals surface area contributed by atoms with Crippen molar-refractivity contribution < 1.29 is 0 Å². The van der Waals surface area contributed by atoms with Gasteiger partial charge in [0.05, 0.1) is 16.4 Å². The van der Waals surface area contributed by atoms with E-state index in [9.17, 15) is 0 Å². The first-order valence-corrected chi connectivity index (χ1v) is 5.96. The van der Waals surface area contributed by atoms with Crippen LogP contribution in [0.25, 0.3) is 5.69 Å². The molecule has 6 heteroatoms. The van der Waals surface area contributed by atoms with Crippen molar-refractivity contribution in [2.45, 2.75) is 13.3 Å². The topological polar surface area (TPSA) is 56.7 Å². The van der Waals surface area contributed by atoms with Crippen LogP contribution in [0, 0.1) is 0 Å². The molecular formula is C10H10BrClN4. The zero-order valence-electron chi connectivity index (χ0n) is 8.61. The predicted octanol–water partition coefficient (Wildman–Crippen LogP) is 2.83. The SMILES string of the molecule is CCc1c(N)nnn1-c1ccc(Br)cc1Cl. The molecule has 0 aliphatic rings. The smallest absolute Gasteiger partial charge is 0.169 e. The van der Waals surface area contributed by atoms with E-state index >= 15 is 0 Å². The van der Waals surface area contributed by atoms with Gasteiger partial charge in [0.25, 0.3) is 0 Å². The quantitative estimate of drug-likeness (QED) is 0.928. The van der Waals surface area contributed by atoms with E-state index in [1.54, 1.807) is 4.68 Å². The summed E-state index contributed by atoms with van der Waals surface area (Å²) >= 11 is 9.50. The molecule has 2 rings (SSSR count). The van der Waals surface area contributed by atoms with Crippen molar-refractivity contribution in [1.29, 1.82) is 0 Å². The molecule has 0 saturated carbocycles. The normalized spacial score (nSPS) is 10.7. The Balaban J connectivity index is 2.58. The number of hydrogen-bond acceptors (Lipinski definition) is 3. The first kappa shape index (κ1) is 11.4. The molecule has 0 unspecified atom stereocenters. The van der Waals surface area contributed by atoms with Crippen molar-refractivity contribution in [2.24, 2.45) is 0 Å². The molecule has 0 bridgehead atoms. The molecule has 0 radical (unpaired) electrons. The van der Waals surface area contributed by atoms with Gasteiger partial charge in [-0.2, -0.15) is 0 Å². The lowest BCUT2D eigenvalue weighted by Gasteiger charge is -2.07. The number of aromatic nitrogens is 3. The Morgan fingerprint density at radius 3 is 2.88 bits per heavy atom. The van der Waals surface area contributed by atoms with Crippen LogP contribution in [0.5, 0.6) is 0 Å². The Morgan fingerprint density at radius 2 is 2.25 bits per heavy atom. The first-order chi connectivity index (χ1) is 7.63. The van der Waals surface area contributed by atoms with Gasteiger partial charge in [-0.25, -0.2) is 4.68 Å². The highest BCUT2D eigenvalue weighted by molar-refractivity contribution is 9.10. The second-order valence-electron chi connectivity index (χ2n) is 3.28. The summed E-state index contributed by atoms with van der Waals surface area (Å²) in [4.78, 5) is 0. The van der Waals surface area contributed by atoms with Crippen LogP contribution in [0.3, 0.4) is 0 Å². The molecule has 0 fully saturated rings. The van der Waals surface area contributed by atoms with Gasteiger partial charge in [-0.1, -0.05) is 39.7 Å². The van der Waals surface area contributed by atoms with E-state index in [-0.39, 0.29) is 0 Å². The predicted molar refractivity (Wildman–Crippen MR) is 67.9 cm³/mol. The molecule has 0 saturated heterocycles. The van der Waals surface area contributed by atoms with E-state index in [2.05, 4.69) is 26.2 Å². The number of halogens is 2. The molecule has 0 aliphatic heterocycles.